The first kappa shape index (κ1) is 11.6. The van der Waals surface area contributed by atoms with Crippen LogP contribution in [0.15, 0.2) is 15.9 Å². The van der Waals surface area contributed by atoms with Gasteiger partial charge in [-0.05, 0) is 59.8 Å². The molecule has 1 N–H and O–H groups in total. The maximum Gasteiger partial charge on any atom is 0.0701 e. The van der Waals surface area contributed by atoms with Crippen LogP contribution in [0, 0.1) is 5.41 Å². The van der Waals surface area contributed by atoms with E-state index in [2.05, 4.69) is 40.4 Å². The fourth-order valence-corrected chi connectivity index (χ4v) is 4.39. The predicted molar refractivity (Wildman–Crippen MR) is 70.6 cm³/mol. The van der Waals surface area contributed by atoms with Crippen molar-refractivity contribution in [2.45, 2.75) is 32.1 Å². The molecule has 1 saturated carbocycles. The van der Waals surface area contributed by atoms with Gasteiger partial charge in [0.25, 0.3) is 0 Å². The Hall–Kier alpha value is 0.140. The first-order valence-corrected chi connectivity index (χ1v) is 7.24. The van der Waals surface area contributed by atoms with Crippen LogP contribution in [0.5, 0.6) is 0 Å². The third kappa shape index (κ3) is 2.83. The van der Waals surface area contributed by atoms with Crippen molar-refractivity contribution in [3.63, 3.8) is 0 Å². The van der Waals surface area contributed by atoms with E-state index in [0.717, 1.165) is 0 Å². The van der Waals surface area contributed by atoms with Crippen LogP contribution >= 0.6 is 27.3 Å². The molecule has 0 unspecified atom stereocenters. The molecule has 0 bridgehead atoms. The van der Waals surface area contributed by atoms with E-state index in [-0.39, 0.29) is 0 Å². The second-order valence-corrected chi connectivity index (χ2v) is 7.17. The fraction of sp³-hybridized carbons (Fsp3) is 0.667. The van der Waals surface area contributed by atoms with Crippen molar-refractivity contribution in [1.82, 2.24) is 5.32 Å². The van der Waals surface area contributed by atoms with Crippen molar-refractivity contribution in [1.29, 1.82) is 0 Å². The largest absolute Gasteiger partial charge is 0.319 e. The minimum atomic E-state index is 0.541. The zero-order valence-corrected chi connectivity index (χ0v) is 11.6. The lowest BCUT2D eigenvalue weighted by molar-refractivity contribution is 0.288. The van der Waals surface area contributed by atoms with Crippen molar-refractivity contribution < 1.29 is 0 Å². The summed E-state index contributed by atoms with van der Waals surface area (Å²) in [6.45, 7) is 1.17. The normalized spacial score (nSPS) is 19.6. The molecule has 1 aromatic heterocycles. The van der Waals surface area contributed by atoms with Crippen LogP contribution in [0.3, 0.4) is 0 Å². The van der Waals surface area contributed by atoms with Gasteiger partial charge in [0, 0.05) is 11.4 Å². The van der Waals surface area contributed by atoms with Gasteiger partial charge in [-0.1, -0.05) is 12.8 Å². The van der Waals surface area contributed by atoms with E-state index in [1.54, 1.807) is 0 Å². The molecule has 1 heterocycles. The van der Waals surface area contributed by atoms with Crippen LogP contribution in [0.1, 0.15) is 30.6 Å². The average Bonchev–Trinajstić information content (AvgIpc) is 2.78. The molecule has 2 rings (SSSR count). The fourth-order valence-electron chi connectivity index (χ4n) is 2.73. The van der Waals surface area contributed by atoms with Crippen molar-refractivity contribution in [2.24, 2.45) is 5.41 Å². The van der Waals surface area contributed by atoms with Crippen molar-refractivity contribution in [3.8, 4) is 0 Å². The molecule has 1 nitrogen and oxygen atoms in total. The average molecular weight is 288 g/mol. The summed E-state index contributed by atoms with van der Waals surface area (Å²) in [7, 11) is 2.07. The number of nitrogens with one attached hydrogen (secondary N) is 1. The van der Waals surface area contributed by atoms with Gasteiger partial charge in [-0.25, -0.2) is 0 Å². The number of halogens is 1. The van der Waals surface area contributed by atoms with Crippen LogP contribution in [-0.4, -0.2) is 13.6 Å². The molecular formula is C12H18BrNS. The molecule has 3 heteroatoms. The van der Waals surface area contributed by atoms with Crippen LogP contribution in [0.4, 0.5) is 0 Å². The topological polar surface area (TPSA) is 12.0 Å². The molecule has 84 valence electrons. The lowest BCUT2D eigenvalue weighted by atomic mass is 9.82. The zero-order chi connectivity index (χ0) is 10.7. The van der Waals surface area contributed by atoms with Gasteiger partial charge in [-0.3, -0.25) is 0 Å². The monoisotopic (exact) mass is 287 g/mol. The molecular weight excluding hydrogens is 270 g/mol. The highest BCUT2D eigenvalue weighted by atomic mass is 79.9. The standard InChI is InChI=1S/C12H18BrNS/c1-14-9-12(6-2-3-7-12)8-10-4-5-11(13)15-10/h4-5,14H,2-3,6-9H2,1H3. The summed E-state index contributed by atoms with van der Waals surface area (Å²) >= 11 is 5.43. The predicted octanol–water partition coefficient (Wildman–Crippen LogP) is 3.83. The van der Waals surface area contributed by atoms with Crippen molar-refractivity contribution in [2.75, 3.05) is 13.6 Å². The third-order valence-corrected chi connectivity index (χ3v) is 5.02. The maximum absolute atomic E-state index is 3.54. The molecule has 1 aromatic rings. The summed E-state index contributed by atoms with van der Waals surface area (Å²) < 4.78 is 1.26. The Morgan fingerprint density at radius 1 is 1.40 bits per heavy atom. The van der Waals surface area contributed by atoms with Gasteiger partial charge in [0.15, 0.2) is 0 Å². The smallest absolute Gasteiger partial charge is 0.0701 e. The SMILES string of the molecule is CNCC1(Cc2ccc(Br)s2)CCCC1. The minimum Gasteiger partial charge on any atom is -0.319 e. The highest BCUT2D eigenvalue weighted by Crippen LogP contribution is 2.41. The van der Waals surface area contributed by atoms with E-state index >= 15 is 0 Å². The van der Waals surface area contributed by atoms with Crippen molar-refractivity contribution >= 4 is 27.3 Å². The molecule has 0 radical (unpaired) electrons. The van der Waals surface area contributed by atoms with Crippen LogP contribution in [-0.2, 0) is 6.42 Å². The Labute approximate surface area is 104 Å². The second-order valence-electron chi connectivity index (χ2n) is 4.62. The Morgan fingerprint density at radius 3 is 2.67 bits per heavy atom. The van der Waals surface area contributed by atoms with Gasteiger partial charge < -0.3 is 5.32 Å². The molecule has 1 aliphatic rings. The zero-order valence-electron chi connectivity index (χ0n) is 9.18. The number of rotatable bonds is 4. The number of hydrogen-bond donors (Lipinski definition) is 1. The molecule has 0 aliphatic heterocycles. The summed E-state index contributed by atoms with van der Waals surface area (Å²) in [5.41, 5.74) is 0.541. The van der Waals surface area contributed by atoms with Gasteiger partial charge >= 0.3 is 0 Å². The molecule has 0 amide bonds. The highest BCUT2D eigenvalue weighted by Gasteiger charge is 2.33. The van der Waals surface area contributed by atoms with Crippen molar-refractivity contribution in [3.05, 3.63) is 20.8 Å². The summed E-state index contributed by atoms with van der Waals surface area (Å²) in [5, 5.41) is 3.37. The Morgan fingerprint density at radius 2 is 2.13 bits per heavy atom. The molecule has 0 aromatic carbocycles. The lowest BCUT2D eigenvalue weighted by Gasteiger charge is -2.28. The van der Waals surface area contributed by atoms with Crippen LogP contribution in [0.25, 0.3) is 0 Å². The summed E-state index contributed by atoms with van der Waals surface area (Å²) in [5.74, 6) is 0. The first-order chi connectivity index (χ1) is 7.24. The van der Waals surface area contributed by atoms with Gasteiger partial charge in [-0.2, -0.15) is 0 Å². The van der Waals surface area contributed by atoms with Gasteiger partial charge in [0.1, 0.15) is 0 Å². The summed E-state index contributed by atoms with van der Waals surface area (Å²) in [6, 6.07) is 4.44. The van der Waals surface area contributed by atoms with Gasteiger partial charge in [0.05, 0.1) is 3.79 Å². The number of thiophene rings is 1. The minimum absolute atomic E-state index is 0.541. The Balaban J connectivity index is 2.06. The molecule has 1 fully saturated rings. The quantitative estimate of drug-likeness (QED) is 0.887. The highest BCUT2D eigenvalue weighted by molar-refractivity contribution is 9.11. The second kappa shape index (κ2) is 4.98. The lowest BCUT2D eigenvalue weighted by Crippen LogP contribution is -2.31. The van der Waals surface area contributed by atoms with E-state index < -0.39 is 0 Å². The van der Waals surface area contributed by atoms with Crippen LogP contribution in [0.2, 0.25) is 0 Å². The maximum atomic E-state index is 3.54. The molecule has 1 aliphatic carbocycles. The van der Waals surface area contributed by atoms with Gasteiger partial charge in [-0.15, -0.1) is 11.3 Å². The molecule has 0 atom stereocenters. The third-order valence-electron chi connectivity index (χ3n) is 3.39. The van der Waals surface area contributed by atoms with E-state index in [1.807, 2.05) is 11.3 Å². The summed E-state index contributed by atoms with van der Waals surface area (Å²) in [6.07, 6.45) is 6.86. The summed E-state index contributed by atoms with van der Waals surface area (Å²) in [4.78, 5) is 1.53. The molecule has 15 heavy (non-hydrogen) atoms. The Kier molecular flexibility index (Phi) is 3.86. The molecule has 0 spiro atoms. The van der Waals surface area contributed by atoms with Crippen LogP contribution < -0.4 is 5.32 Å². The van der Waals surface area contributed by atoms with E-state index in [4.69, 9.17) is 0 Å². The van der Waals surface area contributed by atoms with Gasteiger partial charge in [0.2, 0.25) is 0 Å². The molecule has 0 saturated heterocycles. The van der Waals surface area contributed by atoms with E-state index in [9.17, 15) is 0 Å². The Bertz CT molecular complexity index is 315. The van der Waals surface area contributed by atoms with E-state index in [0.29, 0.717) is 5.41 Å². The van der Waals surface area contributed by atoms with E-state index in [1.165, 1.54) is 47.3 Å². The number of hydrogen-bond acceptors (Lipinski definition) is 2. The first-order valence-electron chi connectivity index (χ1n) is 5.63.